The van der Waals surface area contributed by atoms with Crippen LogP contribution in [0.25, 0.3) is 0 Å². The summed E-state index contributed by atoms with van der Waals surface area (Å²) in [6, 6.07) is 8.24. The zero-order chi connectivity index (χ0) is 11.8. The lowest BCUT2D eigenvalue weighted by atomic mass is 9.73. The van der Waals surface area contributed by atoms with Crippen LogP contribution in [0.1, 0.15) is 32.8 Å². The van der Waals surface area contributed by atoms with Crippen LogP contribution in [-0.2, 0) is 5.41 Å². The monoisotopic (exact) mass is 213 g/mol. The van der Waals surface area contributed by atoms with Gasteiger partial charge in [-0.3, -0.25) is 0 Å². The van der Waals surface area contributed by atoms with E-state index in [1.807, 2.05) is 12.1 Å². The number of nitrogens with two attached hydrogens (primary N) is 1. The van der Waals surface area contributed by atoms with E-state index in [4.69, 9.17) is 5.73 Å². The molecule has 1 aromatic rings. The average Bonchev–Trinajstić information content (AvgIpc) is 2.16. The van der Waals surface area contributed by atoms with Crippen molar-refractivity contribution in [3.63, 3.8) is 0 Å². The van der Waals surface area contributed by atoms with Crippen LogP contribution in [0.15, 0.2) is 47.6 Å². The fourth-order valence-electron chi connectivity index (χ4n) is 2.66. The predicted octanol–water partition coefficient (Wildman–Crippen LogP) is 3.82. The van der Waals surface area contributed by atoms with Gasteiger partial charge in [-0.05, 0) is 38.0 Å². The summed E-state index contributed by atoms with van der Waals surface area (Å²) in [5.41, 5.74) is 10.8. The zero-order valence-electron chi connectivity index (χ0n) is 10.2. The quantitative estimate of drug-likeness (QED) is 0.705. The molecular weight excluding hydrogens is 194 g/mol. The molecular formula is C15H19N. The van der Waals surface area contributed by atoms with Crippen molar-refractivity contribution in [2.75, 3.05) is 5.73 Å². The fraction of sp³-hybridized carbons (Fsp3) is 0.333. The molecule has 0 saturated carbocycles. The second kappa shape index (κ2) is 3.82. The van der Waals surface area contributed by atoms with E-state index in [0.717, 1.165) is 12.1 Å². The van der Waals surface area contributed by atoms with E-state index in [1.165, 1.54) is 16.7 Å². The van der Waals surface area contributed by atoms with Gasteiger partial charge in [0.1, 0.15) is 0 Å². The smallest absolute Gasteiger partial charge is 0.0314 e. The predicted molar refractivity (Wildman–Crippen MR) is 70.3 cm³/mol. The fourth-order valence-corrected chi connectivity index (χ4v) is 2.66. The van der Waals surface area contributed by atoms with Gasteiger partial charge in [-0.2, -0.15) is 0 Å². The normalized spacial score (nSPS) is 24.9. The highest BCUT2D eigenvalue weighted by Gasteiger charge is 2.26. The van der Waals surface area contributed by atoms with Gasteiger partial charge in [-0.1, -0.05) is 42.4 Å². The van der Waals surface area contributed by atoms with Crippen LogP contribution in [0.3, 0.4) is 0 Å². The first-order chi connectivity index (χ1) is 7.49. The summed E-state index contributed by atoms with van der Waals surface area (Å²) >= 11 is 0. The summed E-state index contributed by atoms with van der Waals surface area (Å²) in [4.78, 5) is 0. The van der Waals surface area contributed by atoms with Crippen LogP contribution in [0, 0.1) is 0 Å². The van der Waals surface area contributed by atoms with Gasteiger partial charge in [0.25, 0.3) is 0 Å². The van der Waals surface area contributed by atoms with E-state index in [9.17, 15) is 0 Å². The molecule has 1 aliphatic rings. The van der Waals surface area contributed by atoms with E-state index in [-0.39, 0.29) is 5.41 Å². The molecule has 1 atom stereocenters. The number of benzene rings is 1. The molecule has 1 heteroatoms. The molecule has 0 amide bonds. The number of hydrogen-bond acceptors (Lipinski definition) is 1. The van der Waals surface area contributed by atoms with Crippen molar-refractivity contribution >= 4 is 5.69 Å². The summed E-state index contributed by atoms with van der Waals surface area (Å²) in [6.07, 6.45) is 5.71. The van der Waals surface area contributed by atoms with Crippen molar-refractivity contribution in [3.8, 4) is 0 Å². The Morgan fingerprint density at radius 1 is 1.12 bits per heavy atom. The molecule has 2 rings (SSSR count). The number of anilines is 1. The molecule has 0 bridgehead atoms. The van der Waals surface area contributed by atoms with Crippen LogP contribution in [0.2, 0.25) is 0 Å². The van der Waals surface area contributed by atoms with Crippen molar-refractivity contribution in [1.82, 2.24) is 0 Å². The number of nitrogen functional groups attached to an aromatic ring is 1. The Hall–Kier alpha value is -1.50. The Bertz CT molecular complexity index is 451. The Kier molecular flexibility index (Phi) is 2.63. The van der Waals surface area contributed by atoms with E-state index >= 15 is 0 Å². The molecule has 1 aliphatic carbocycles. The minimum absolute atomic E-state index is 0.122. The maximum absolute atomic E-state index is 5.73. The van der Waals surface area contributed by atoms with E-state index in [1.54, 1.807) is 0 Å². The molecule has 0 radical (unpaired) electrons. The lowest BCUT2D eigenvalue weighted by Crippen LogP contribution is -2.22. The molecule has 0 saturated heterocycles. The Morgan fingerprint density at radius 2 is 1.75 bits per heavy atom. The summed E-state index contributed by atoms with van der Waals surface area (Å²) in [5.74, 6) is 0. The first-order valence-corrected chi connectivity index (χ1v) is 5.72. The highest BCUT2D eigenvalue weighted by atomic mass is 14.5. The summed E-state index contributed by atoms with van der Waals surface area (Å²) in [6.45, 7) is 6.66. The van der Waals surface area contributed by atoms with Gasteiger partial charge >= 0.3 is 0 Å². The first-order valence-electron chi connectivity index (χ1n) is 5.72. The maximum atomic E-state index is 5.73. The second-order valence-corrected chi connectivity index (χ2v) is 5.10. The van der Waals surface area contributed by atoms with Crippen molar-refractivity contribution in [2.24, 2.45) is 0 Å². The molecule has 84 valence electrons. The molecule has 0 fully saturated rings. The van der Waals surface area contributed by atoms with Crippen molar-refractivity contribution in [2.45, 2.75) is 32.6 Å². The highest BCUT2D eigenvalue weighted by molar-refractivity contribution is 5.45. The molecule has 0 unspecified atom stereocenters. The van der Waals surface area contributed by atoms with Gasteiger partial charge < -0.3 is 5.73 Å². The Balaban J connectivity index is 2.40. The van der Waals surface area contributed by atoms with E-state index < -0.39 is 0 Å². The lowest BCUT2D eigenvalue weighted by molar-refractivity contribution is 0.576. The summed E-state index contributed by atoms with van der Waals surface area (Å²) in [7, 11) is 0. The minimum atomic E-state index is 0.122. The van der Waals surface area contributed by atoms with Crippen LogP contribution in [0.5, 0.6) is 0 Å². The maximum Gasteiger partial charge on any atom is 0.0314 e. The van der Waals surface area contributed by atoms with Gasteiger partial charge in [-0.15, -0.1) is 0 Å². The first kappa shape index (κ1) is 11.0. The third-order valence-electron chi connectivity index (χ3n) is 3.24. The molecule has 0 aromatic heterocycles. The van der Waals surface area contributed by atoms with Crippen LogP contribution >= 0.6 is 0 Å². The van der Waals surface area contributed by atoms with Gasteiger partial charge in [0, 0.05) is 11.1 Å². The van der Waals surface area contributed by atoms with Crippen molar-refractivity contribution in [1.29, 1.82) is 0 Å². The standard InChI is InChI=1S/C15H19N/c1-11-8-12(2)10-15(3,9-11)13-4-6-14(16)7-5-13/h4-9H,10,16H2,1-3H3/t15-/m1/s1. The van der Waals surface area contributed by atoms with Gasteiger partial charge in [0.05, 0.1) is 0 Å². The van der Waals surface area contributed by atoms with Crippen molar-refractivity contribution in [3.05, 3.63) is 53.1 Å². The molecule has 2 N–H and O–H groups in total. The van der Waals surface area contributed by atoms with Gasteiger partial charge in [0.15, 0.2) is 0 Å². The lowest BCUT2D eigenvalue weighted by Gasteiger charge is -2.31. The van der Waals surface area contributed by atoms with Crippen molar-refractivity contribution < 1.29 is 0 Å². The number of rotatable bonds is 1. The van der Waals surface area contributed by atoms with Gasteiger partial charge in [-0.25, -0.2) is 0 Å². The SMILES string of the molecule is CC1=C[C@@](C)(c2ccc(N)cc2)CC(C)=C1. The third kappa shape index (κ3) is 2.04. The molecule has 16 heavy (non-hydrogen) atoms. The zero-order valence-corrected chi connectivity index (χ0v) is 10.2. The molecule has 0 spiro atoms. The molecule has 1 aromatic carbocycles. The Labute approximate surface area is 97.7 Å². The minimum Gasteiger partial charge on any atom is -0.399 e. The number of hydrogen-bond donors (Lipinski definition) is 1. The van der Waals surface area contributed by atoms with Gasteiger partial charge in [0.2, 0.25) is 0 Å². The molecule has 1 nitrogen and oxygen atoms in total. The van der Waals surface area contributed by atoms with Crippen LogP contribution < -0.4 is 5.73 Å². The van der Waals surface area contributed by atoms with Crippen LogP contribution in [-0.4, -0.2) is 0 Å². The molecule has 0 heterocycles. The largest absolute Gasteiger partial charge is 0.399 e. The summed E-state index contributed by atoms with van der Waals surface area (Å²) < 4.78 is 0. The topological polar surface area (TPSA) is 26.0 Å². The van der Waals surface area contributed by atoms with Crippen LogP contribution in [0.4, 0.5) is 5.69 Å². The Morgan fingerprint density at radius 3 is 2.31 bits per heavy atom. The third-order valence-corrected chi connectivity index (χ3v) is 3.24. The average molecular weight is 213 g/mol. The molecule has 0 aliphatic heterocycles. The number of allylic oxidation sites excluding steroid dienone is 4. The van der Waals surface area contributed by atoms with E-state index in [0.29, 0.717) is 0 Å². The highest BCUT2D eigenvalue weighted by Crippen LogP contribution is 2.37. The van der Waals surface area contributed by atoms with E-state index in [2.05, 4.69) is 45.1 Å². The summed E-state index contributed by atoms with van der Waals surface area (Å²) in [5, 5.41) is 0. The second-order valence-electron chi connectivity index (χ2n) is 5.10.